The molecule has 11 heteroatoms. The van der Waals surface area contributed by atoms with E-state index in [1.54, 1.807) is 6.08 Å². The van der Waals surface area contributed by atoms with E-state index in [0.29, 0.717) is 19.3 Å². The minimum absolute atomic E-state index is 0.115. The van der Waals surface area contributed by atoms with Crippen LogP contribution in [0.2, 0.25) is 0 Å². The number of unbranched alkanes of at least 4 members (excludes halogenated alkanes) is 34. The topological polar surface area (TPSA) is 175 Å². The second-order valence-electron chi connectivity index (χ2n) is 21.4. The van der Waals surface area contributed by atoms with Crippen molar-refractivity contribution in [2.45, 2.75) is 333 Å². The Bertz CT molecular complexity index is 1330. The Kier molecular flexibility index (Phi) is 47.8. The van der Waals surface area contributed by atoms with Crippen LogP contribution in [0.25, 0.3) is 0 Å². The molecule has 8 atom stereocenters. The van der Waals surface area contributed by atoms with Crippen LogP contribution in [0.4, 0.5) is 0 Å². The lowest BCUT2D eigenvalue weighted by atomic mass is 9.99. The van der Waals surface area contributed by atoms with E-state index in [0.717, 1.165) is 77.0 Å². The molecule has 0 aromatic heterocycles. The van der Waals surface area contributed by atoms with Crippen LogP contribution in [-0.4, -0.2) is 99.6 Å². The zero-order valence-corrected chi connectivity index (χ0v) is 47.3. The summed E-state index contributed by atoms with van der Waals surface area (Å²) in [5.41, 5.74) is 0. The first kappa shape index (κ1) is 68.9. The van der Waals surface area contributed by atoms with E-state index in [4.69, 9.17) is 14.2 Å². The maximum Gasteiger partial charge on any atom is 0.306 e. The summed E-state index contributed by atoms with van der Waals surface area (Å²) in [4.78, 5) is 26.5. The molecule has 1 heterocycles. The molecule has 1 aliphatic heterocycles. The fourth-order valence-corrected chi connectivity index (χ4v) is 9.57. The number of carbonyl (C=O) groups is 2. The van der Waals surface area contributed by atoms with Crippen molar-refractivity contribution in [1.82, 2.24) is 5.32 Å². The minimum atomic E-state index is -1.61. The van der Waals surface area contributed by atoms with Gasteiger partial charge in [0.15, 0.2) is 12.4 Å². The predicted octanol–water partition coefficient (Wildman–Crippen LogP) is 14.3. The van der Waals surface area contributed by atoms with Crippen molar-refractivity contribution in [3.63, 3.8) is 0 Å². The van der Waals surface area contributed by atoms with Gasteiger partial charge in [0.1, 0.15) is 24.4 Å². The van der Waals surface area contributed by atoms with Gasteiger partial charge >= 0.3 is 5.97 Å². The molecule has 0 saturated carbocycles. The molecule has 1 amide bonds. The summed E-state index contributed by atoms with van der Waals surface area (Å²) in [6.45, 7) is 5.75. The molecule has 428 valence electrons. The molecule has 1 saturated heterocycles. The zero-order valence-electron chi connectivity index (χ0n) is 47.3. The smallest absolute Gasteiger partial charge is 0.306 e. The van der Waals surface area contributed by atoms with E-state index in [1.165, 1.54) is 161 Å². The van der Waals surface area contributed by atoms with E-state index in [2.05, 4.69) is 50.4 Å². The molecule has 73 heavy (non-hydrogen) atoms. The lowest BCUT2D eigenvalue weighted by Gasteiger charge is -2.41. The average molecular weight is 1030 g/mol. The van der Waals surface area contributed by atoms with Crippen LogP contribution in [0.5, 0.6) is 0 Å². The highest BCUT2D eigenvalue weighted by Crippen LogP contribution is 2.26. The van der Waals surface area contributed by atoms with Gasteiger partial charge in [-0.1, -0.05) is 243 Å². The highest BCUT2D eigenvalue weighted by atomic mass is 16.7. The Labute approximate surface area is 447 Å². The number of aliphatic hydroxyl groups is 5. The number of hydrogen-bond donors (Lipinski definition) is 6. The van der Waals surface area contributed by atoms with Gasteiger partial charge in [0, 0.05) is 6.42 Å². The highest BCUT2D eigenvalue weighted by Gasteiger charge is 2.47. The molecule has 0 aromatic carbocycles. The SMILES string of the molecule is CCCC/C=C\CCCCCCCC(=O)OC1C(OCC(NC(=O)C(O)CCCCCCCCCCCC/C=C/CCCCCCCC)C(O)/C=C/CCCCCCCCCCCCC)OC(CO)C(O)C1O. The minimum Gasteiger partial charge on any atom is -0.454 e. The standard InChI is InChI=1S/C62H115NO10/c1-4-7-10-13-16-19-22-24-25-26-27-28-29-30-32-35-37-40-43-46-49-55(66)61(70)63-53(54(65)48-45-42-39-36-34-31-23-20-17-14-11-8-5-2)52-71-62-60(59(69)58(68)56(51-64)72-62)73-57(67)50-47-44-41-38-33-21-18-15-12-9-6-3/h15,18,24-25,45,48,53-56,58-60,62,64-66,68-69H,4-14,16-17,19-23,26-44,46-47,49-52H2,1-3H3,(H,63,70)/b18-15-,25-24+,48-45+. The van der Waals surface area contributed by atoms with Crippen LogP contribution in [0, 0.1) is 0 Å². The quantitative estimate of drug-likeness (QED) is 0.0195. The fourth-order valence-electron chi connectivity index (χ4n) is 9.57. The summed E-state index contributed by atoms with van der Waals surface area (Å²) in [5, 5.41) is 56.9. The number of hydrogen-bond acceptors (Lipinski definition) is 10. The molecule has 8 unspecified atom stereocenters. The molecule has 6 N–H and O–H groups in total. The van der Waals surface area contributed by atoms with Gasteiger partial charge in [0.25, 0.3) is 0 Å². The molecule has 0 aliphatic carbocycles. The lowest BCUT2D eigenvalue weighted by molar-refractivity contribution is -0.305. The lowest BCUT2D eigenvalue weighted by Crippen LogP contribution is -2.61. The van der Waals surface area contributed by atoms with E-state index in [-0.39, 0.29) is 13.0 Å². The van der Waals surface area contributed by atoms with E-state index < -0.39 is 67.4 Å². The number of esters is 1. The van der Waals surface area contributed by atoms with Crippen LogP contribution < -0.4 is 5.32 Å². The fraction of sp³-hybridized carbons (Fsp3) is 0.871. The van der Waals surface area contributed by atoms with Crippen molar-refractivity contribution >= 4 is 11.9 Å². The van der Waals surface area contributed by atoms with Crippen LogP contribution in [0.15, 0.2) is 36.5 Å². The normalized spacial score (nSPS) is 19.6. The van der Waals surface area contributed by atoms with Gasteiger partial charge < -0.3 is 45.1 Å². The molecule has 0 radical (unpaired) electrons. The number of nitrogens with one attached hydrogen (secondary N) is 1. The van der Waals surface area contributed by atoms with Crippen molar-refractivity contribution in [3.8, 4) is 0 Å². The van der Waals surface area contributed by atoms with E-state index in [9.17, 15) is 35.1 Å². The number of aliphatic hydroxyl groups excluding tert-OH is 5. The Balaban J connectivity index is 2.67. The van der Waals surface area contributed by atoms with Crippen LogP contribution in [0.1, 0.15) is 284 Å². The third-order valence-corrected chi connectivity index (χ3v) is 14.5. The summed E-state index contributed by atoms with van der Waals surface area (Å²) in [5.74, 6) is -1.20. The first-order valence-electron chi connectivity index (χ1n) is 30.8. The van der Waals surface area contributed by atoms with Crippen LogP contribution in [-0.2, 0) is 23.8 Å². The summed E-state index contributed by atoms with van der Waals surface area (Å²) in [6.07, 6.45) is 49.1. The molecular weight excluding hydrogens is 919 g/mol. The molecule has 1 rings (SSSR count). The monoisotopic (exact) mass is 1030 g/mol. The number of allylic oxidation sites excluding steroid dienone is 5. The molecular formula is C62H115NO10. The molecule has 11 nitrogen and oxygen atoms in total. The molecule has 0 aromatic rings. The van der Waals surface area contributed by atoms with Crippen LogP contribution in [0.3, 0.4) is 0 Å². The molecule has 0 bridgehead atoms. The summed E-state index contributed by atoms with van der Waals surface area (Å²) in [7, 11) is 0. The Morgan fingerprint density at radius 1 is 0.521 bits per heavy atom. The molecule has 0 spiro atoms. The summed E-state index contributed by atoms with van der Waals surface area (Å²) >= 11 is 0. The summed E-state index contributed by atoms with van der Waals surface area (Å²) in [6, 6.07) is -1.02. The average Bonchev–Trinajstić information content (AvgIpc) is 3.39. The van der Waals surface area contributed by atoms with E-state index >= 15 is 0 Å². The number of rotatable bonds is 52. The number of carbonyl (C=O) groups excluding carboxylic acids is 2. The van der Waals surface area contributed by atoms with Gasteiger partial charge in [-0.3, -0.25) is 9.59 Å². The second-order valence-corrected chi connectivity index (χ2v) is 21.4. The Morgan fingerprint density at radius 2 is 0.918 bits per heavy atom. The maximum atomic E-state index is 13.4. The highest BCUT2D eigenvalue weighted by molar-refractivity contribution is 5.80. The first-order chi connectivity index (χ1) is 35.7. The van der Waals surface area contributed by atoms with Gasteiger partial charge in [-0.2, -0.15) is 0 Å². The van der Waals surface area contributed by atoms with Crippen molar-refractivity contribution in [3.05, 3.63) is 36.5 Å². The van der Waals surface area contributed by atoms with Gasteiger partial charge in [0.2, 0.25) is 5.91 Å². The van der Waals surface area contributed by atoms with Crippen molar-refractivity contribution in [2.24, 2.45) is 0 Å². The molecule has 1 fully saturated rings. The maximum absolute atomic E-state index is 13.4. The predicted molar refractivity (Wildman–Crippen MR) is 301 cm³/mol. The van der Waals surface area contributed by atoms with Crippen molar-refractivity contribution < 1.29 is 49.3 Å². The zero-order chi connectivity index (χ0) is 53.3. The number of ether oxygens (including phenoxy) is 3. The first-order valence-corrected chi connectivity index (χ1v) is 30.8. The van der Waals surface area contributed by atoms with Crippen molar-refractivity contribution in [1.29, 1.82) is 0 Å². The third-order valence-electron chi connectivity index (χ3n) is 14.5. The van der Waals surface area contributed by atoms with Gasteiger partial charge in [0.05, 0.1) is 25.4 Å². The summed E-state index contributed by atoms with van der Waals surface area (Å²) < 4.78 is 17.6. The Morgan fingerprint density at radius 3 is 1.37 bits per heavy atom. The molecule has 1 aliphatic rings. The van der Waals surface area contributed by atoms with Gasteiger partial charge in [-0.05, 0) is 70.6 Å². The van der Waals surface area contributed by atoms with Gasteiger partial charge in [-0.25, -0.2) is 0 Å². The Hall–Kier alpha value is -2.12. The second kappa shape index (κ2) is 50.7. The van der Waals surface area contributed by atoms with Gasteiger partial charge in [-0.15, -0.1) is 0 Å². The number of amides is 1. The van der Waals surface area contributed by atoms with Crippen molar-refractivity contribution in [2.75, 3.05) is 13.2 Å². The van der Waals surface area contributed by atoms with Crippen LogP contribution >= 0.6 is 0 Å². The third kappa shape index (κ3) is 39.0. The van der Waals surface area contributed by atoms with E-state index in [1.807, 2.05) is 6.08 Å². The largest absolute Gasteiger partial charge is 0.454 e.